The summed E-state index contributed by atoms with van der Waals surface area (Å²) in [6, 6.07) is 0.314. The lowest BCUT2D eigenvalue weighted by atomic mass is 10.1. The second-order valence-electron chi connectivity index (χ2n) is 5.92. The third-order valence-corrected chi connectivity index (χ3v) is 4.38. The number of nitrogens with zero attached hydrogens (tertiary/aromatic N) is 1. The van der Waals surface area contributed by atoms with Crippen molar-refractivity contribution in [2.45, 2.75) is 44.8 Å². The molecule has 1 unspecified atom stereocenters. The van der Waals surface area contributed by atoms with Crippen LogP contribution in [0.25, 0.3) is 0 Å². The molecule has 5 nitrogen and oxygen atoms in total. The normalized spacial score (nSPS) is 21.7. The van der Waals surface area contributed by atoms with Gasteiger partial charge in [0.05, 0.1) is 12.7 Å². The van der Waals surface area contributed by atoms with Gasteiger partial charge in [-0.25, -0.2) is 0 Å². The van der Waals surface area contributed by atoms with Gasteiger partial charge in [0.15, 0.2) is 0 Å². The van der Waals surface area contributed by atoms with Gasteiger partial charge in [0.25, 0.3) is 0 Å². The molecule has 0 radical (unpaired) electrons. The lowest BCUT2D eigenvalue weighted by Crippen LogP contribution is -2.44. The number of carbonyl (C=O) groups excluding carboxylic acids is 1. The molecule has 1 atom stereocenters. The number of hydrogen-bond donors (Lipinski definition) is 1. The molecule has 0 aromatic heterocycles. The Balaban J connectivity index is 1.78. The number of ether oxygens (including phenoxy) is 2. The third kappa shape index (κ3) is 4.72. The number of nitrogens with one attached hydrogen (secondary N) is 1. The topological polar surface area (TPSA) is 50.8 Å². The Morgan fingerprint density at radius 3 is 2.60 bits per heavy atom. The molecule has 1 saturated carbocycles. The maximum atomic E-state index is 12.4. The van der Waals surface area contributed by atoms with Gasteiger partial charge >= 0.3 is 0 Å². The van der Waals surface area contributed by atoms with Gasteiger partial charge in [-0.1, -0.05) is 0 Å². The minimum Gasteiger partial charge on any atom is -0.383 e. The van der Waals surface area contributed by atoms with Crippen LogP contribution in [0.5, 0.6) is 0 Å². The van der Waals surface area contributed by atoms with Gasteiger partial charge in [0, 0.05) is 19.7 Å². The minimum atomic E-state index is 0.111. The zero-order chi connectivity index (χ0) is 14.4. The number of hydrogen-bond acceptors (Lipinski definition) is 4. The van der Waals surface area contributed by atoms with E-state index in [1.165, 1.54) is 12.8 Å². The summed E-state index contributed by atoms with van der Waals surface area (Å²) in [5.74, 6) is 0.787. The summed E-state index contributed by atoms with van der Waals surface area (Å²) in [4.78, 5) is 14.3. The first-order valence-electron chi connectivity index (χ1n) is 7.83. The van der Waals surface area contributed by atoms with E-state index in [0.29, 0.717) is 25.1 Å². The maximum Gasteiger partial charge on any atom is 0.248 e. The standard InChI is InChI=1S/C15H28N2O3/c1-12(13-3-4-13)17(9-10-19-2)15(18)11-20-14-5-7-16-8-6-14/h12-14,16H,3-11H2,1-2H3. The predicted molar refractivity (Wildman–Crippen MR) is 77.6 cm³/mol. The first-order valence-corrected chi connectivity index (χ1v) is 7.83. The molecule has 2 rings (SSSR count). The van der Waals surface area contributed by atoms with Crippen LogP contribution in [0.3, 0.4) is 0 Å². The van der Waals surface area contributed by atoms with Crippen molar-refractivity contribution in [3.05, 3.63) is 0 Å². The van der Waals surface area contributed by atoms with Gasteiger partial charge < -0.3 is 19.7 Å². The molecule has 0 aromatic rings. The number of rotatable bonds is 8. The molecule has 5 heteroatoms. The Labute approximate surface area is 122 Å². The average molecular weight is 284 g/mol. The van der Waals surface area contributed by atoms with Crippen LogP contribution >= 0.6 is 0 Å². The maximum absolute atomic E-state index is 12.4. The van der Waals surface area contributed by atoms with E-state index < -0.39 is 0 Å². The van der Waals surface area contributed by atoms with Crippen LogP contribution in [0.4, 0.5) is 0 Å². The smallest absolute Gasteiger partial charge is 0.248 e. The van der Waals surface area contributed by atoms with Crippen molar-refractivity contribution in [3.63, 3.8) is 0 Å². The van der Waals surface area contributed by atoms with Crippen molar-refractivity contribution in [3.8, 4) is 0 Å². The molecular formula is C15H28N2O3. The van der Waals surface area contributed by atoms with E-state index in [1.54, 1.807) is 7.11 Å². The Morgan fingerprint density at radius 1 is 1.30 bits per heavy atom. The van der Waals surface area contributed by atoms with Gasteiger partial charge in [-0.15, -0.1) is 0 Å². The largest absolute Gasteiger partial charge is 0.383 e. The fourth-order valence-electron chi connectivity index (χ4n) is 2.81. The highest BCUT2D eigenvalue weighted by atomic mass is 16.5. The van der Waals surface area contributed by atoms with Crippen LogP contribution in [0, 0.1) is 5.92 Å². The third-order valence-electron chi connectivity index (χ3n) is 4.38. The van der Waals surface area contributed by atoms with E-state index in [2.05, 4.69) is 12.2 Å². The number of amides is 1. The molecule has 0 aromatic carbocycles. The predicted octanol–water partition coefficient (Wildman–Crippen LogP) is 1.03. The quantitative estimate of drug-likeness (QED) is 0.723. The molecular weight excluding hydrogens is 256 g/mol. The van der Waals surface area contributed by atoms with Gasteiger partial charge in [-0.3, -0.25) is 4.79 Å². The van der Waals surface area contributed by atoms with Crippen molar-refractivity contribution >= 4 is 5.91 Å². The molecule has 0 spiro atoms. The van der Waals surface area contributed by atoms with Crippen LogP contribution in [0.1, 0.15) is 32.6 Å². The molecule has 0 bridgehead atoms. The molecule has 1 amide bonds. The van der Waals surface area contributed by atoms with Crippen LogP contribution in [-0.2, 0) is 14.3 Å². The van der Waals surface area contributed by atoms with Gasteiger partial charge in [-0.2, -0.15) is 0 Å². The van der Waals surface area contributed by atoms with Crippen molar-refractivity contribution in [2.24, 2.45) is 5.92 Å². The molecule has 1 N–H and O–H groups in total. The highest BCUT2D eigenvalue weighted by Crippen LogP contribution is 2.35. The first kappa shape index (κ1) is 15.7. The Morgan fingerprint density at radius 2 is 2.00 bits per heavy atom. The minimum absolute atomic E-state index is 0.111. The van der Waals surface area contributed by atoms with E-state index >= 15 is 0 Å². The molecule has 1 heterocycles. The fraction of sp³-hybridized carbons (Fsp3) is 0.933. The molecule has 2 fully saturated rings. The molecule has 116 valence electrons. The van der Waals surface area contributed by atoms with Crippen molar-refractivity contribution in [2.75, 3.05) is 40.0 Å². The van der Waals surface area contributed by atoms with Crippen LogP contribution < -0.4 is 5.32 Å². The Bertz CT molecular complexity index is 301. The molecule has 1 aliphatic heterocycles. The molecule has 2 aliphatic rings. The van der Waals surface area contributed by atoms with Crippen molar-refractivity contribution in [1.29, 1.82) is 0 Å². The number of methoxy groups -OCH3 is 1. The van der Waals surface area contributed by atoms with E-state index in [9.17, 15) is 4.79 Å². The Kier molecular flexibility index (Phi) is 6.26. The first-order chi connectivity index (χ1) is 9.72. The van der Waals surface area contributed by atoms with Crippen LogP contribution in [0.15, 0.2) is 0 Å². The fourth-order valence-corrected chi connectivity index (χ4v) is 2.81. The lowest BCUT2D eigenvalue weighted by molar-refractivity contribution is -0.142. The summed E-state index contributed by atoms with van der Waals surface area (Å²) in [5, 5.41) is 3.30. The highest BCUT2D eigenvalue weighted by molar-refractivity contribution is 5.77. The summed E-state index contributed by atoms with van der Waals surface area (Å²) in [6.45, 7) is 5.61. The summed E-state index contributed by atoms with van der Waals surface area (Å²) < 4.78 is 10.9. The van der Waals surface area contributed by atoms with E-state index in [1.807, 2.05) is 4.90 Å². The zero-order valence-electron chi connectivity index (χ0n) is 12.8. The molecule has 20 heavy (non-hydrogen) atoms. The van der Waals surface area contributed by atoms with Gasteiger partial charge in [0.1, 0.15) is 6.61 Å². The zero-order valence-corrected chi connectivity index (χ0v) is 12.8. The van der Waals surface area contributed by atoms with E-state index in [0.717, 1.165) is 25.9 Å². The lowest BCUT2D eigenvalue weighted by Gasteiger charge is -2.30. The Hall–Kier alpha value is -0.650. The van der Waals surface area contributed by atoms with Gasteiger partial charge in [0.2, 0.25) is 5.91 Å². The van der Waals surface area contributed by atoms with Gasteiger partial charge in [-0.05, 0) is 51.6 Å². The summed E-state index contributed by atoms with van der Waals surface area (Å²) in [5.41, 5.74) is 0. The monoisotopic (exact) mass is 284 g/mol. The van der Waals surface area contributed by atoms with Crippen molar-refractivity contribution < 1.29 is 14.3 Å². The number of piperidine rings is 1. The summed E-state index contributed by atoms with van der Waals surface area (Å²) in [6.07, 6.45) is 4.73. The second kappa shape index (κ2) is 7.96. The SMILES string of the molecule is COCCN(C(=O)COC1CCNCC1)C(C)C1CC1. The van der Waals surface area contributed by atoms with E-state index in [4.69, 9.17) is 9.47 Å². The van der Waals surface area contributed by atoms with Crippen LogP contribution in [-0.4, -0.2) is 62.9 Å². The summed E-state index contributed by atoms with van der Waals surface area (Å²) in [7, 11) is 1.68. The van der Waals surface area contributed by atoms with Crippen LogP contribution in [0.2, 0.25) is 0 Å². The second-order valence-corrected chi connectivity index (χ2v) is 5.92. The van der Waals surface area contributed by atoms with E-state index in [-0.39, 0.29) is 18.6 Å². The average Bonchev–Trinajstić information content (AvgIpc) is 3.31. The summed E-state index contributed by atoms with van der Waals surface area (Å²) >= 11 is 0. The van der Waals surface area contributed by atoms with Crippen molar-refractivity contribution in [1.82, 2.24) is 10.2 Å². The molecule has 1 saturated heterocycles. The number of carbonyl (C=O) groups is 1. The molecule has 1 aliphatic carbocycles. The highest BCUT2D eigenvalue weighted by Gasteiger charge is 2.34.